The summed E-state index contributed by atoms with van der Waals surface area (Å²) >= 11 is 0. The first kappa shape index (κ1) is 13.5. The zero-order chi connectivity index (χ0) is 13.7. The summed E-state index contributed by atoms with van der Waals surface area (Å²) in [5.74, 6) is 5.28. The summed E-state index contributed by atoms with van der Waals surface area (Å²) in [6, 6.07) is 6.68. The summed E-state index contributed by atoms with van der Waals surface area (Å²) in [6.45, 7) is 0. The summed E-state index contributed by atoms with van der Waals surface area (Å²) in [5.41, 5.74) is 3.24. The maximum absolute atomic E-state index is 11.8. The summed E-state index contributed by atoms with van der Waals surface area (Å²) in [4.78, 5) is 23.1. The minimum absolute atomic E-state index is 0.0444. The van der Waals surface area contributed by atoms with Gasteiger partial charge in [0.1, 0.15) is 0 Å². The third-order valence-electron chi connectivity index (χ3n) is 3.51. The second-order valence-corrected chi connectivity index (χ2v) is 4.95. The fraction of sp³-hybridized carbons (Fsp3) is 0.429. The smallest absolute Gasteiger partial charge is 0.265 e. The molecule has 0 aliphatic heterocycles. The highest BCUT2D eigenvalue weighted by Gasteiger charge is 2.18. The van der Waals surface area contributed by atoms with Crippen LogP contribution in [-0.2, 0) is 4.79 Å². The topological polar surface area (TPSA) is 84.2 Å². The van der Waals surface area contributed by atoms with E-state index in [9.17, 15) is 9.59 Å². The number of carbonyl (C=O) groups excluding carboxylic acids is 2. The zero-order valence-corrected chi connectivity index (χ0v) is 10.8. The molecule has 19 heavy (non-hydrogen) atoms. The number of nitrogen functional groups attached to an aromatic ring is 1. The number of hydrogen-bond acceptors (Lipinski definition) is 3. The van der Waals surface area contributed by atoms with Gasteiger partial charge in [0.15, 0.2) is 0 Å². The first-order chi connectivity index (χ1) is 9.19. The highest BCUT2D eigenvalue weighted by atomic mass is 16.2. The van der Waals surface area contributed by atoms with Gasteiger partial charge in [-0.05, 0) is 43.0 Å². The van der Waals surface area contributed by atoms with E-state index in [1.807, 2.05) is 0 Å². The monoisotopic (exact) mass is 261 g/mol. The van der Waals surface area contributed by atoms with Gasteiger partial charge in [-0.25, -0.2) is 5.84 Å². The molecule has 0 bridgehead atoms. The number of anilines is 1. The first-order valence-electron chi connectivity index (χ1n) is 6.60. The van der Waals surface area contributed by atoms with Crippen molar-refractivity contribution in [2.45, 2.75) is 32.1 Å². The number of hydrogen-bond donors (Lipinski definition) is 3. The molecule has 2 rings (SSSR count). The lowest BCUT2D eigenvalue weighted by molar-refractivity contribution is -0.117. The Morgan fingerprint density at radius 1 is 1.16 bits per heavy atom. The predicted molar refractivity (Wildman–Crippen MR) is 73.3 cm³/mol. The number of benzene rings is 1. The van der Waals surface area contributed by atoms with Crippen LogP contribution in [0.3, 0.4) is 0 Å². The molecule has 0 heterocycles. The van der Waals surface area contributed by atoms with Gasteiger partial charge in [0, 0.05) is 17.7 Å². The van der Waals surface area contributed by atoms with Gasteiger partial charge in [-0.15, -0.1) is 0 Å². The van der Waals surface area contributed by atoms with E-state index in [4.69, 9.17) is 5.84 Å². The van der Waals surface area contributed by atoms with Crippen molar-refractivity contribution in [2.75, 3.05) is 5.32 Å². The Labute approximate surface area is 112 Å². The molecule has 5 nitrogen and oxygen atoms in total. The quantitative estimate of drug-likeness (QED) is 0.439. The summed E-state index contributed by atoms with van der Waals surface area (Å²) in [5, 5.41) is 2.85. The molecule has 1 aromatic carbocycles. The molecule has 0 saturated heterocycles. The van der Waals surface area contributed by atoms with Gasteiger partial charge >= 0.3 is 0 Å². The van der Waals surface area contributed by atoms with Crippen molar-refractivity contribution >= 4 is 17.5 Å². The Morgan fingerprint density at radius 3 is 2.37 bits per heavy atom. The number of rotatable bonds is 4. The Hall–Kier alpha value is -1.88. The third kappa shape index (κ3) is 3.79. The van der Waals surface area contributed by atoms with Gasteiger partial charge in [0.05, 0.1) is 0 Å². The predicted octanol–water partition coefficient (Wildman–Crippen LogP) is 1.81. The minimum atomic E-state index is -0.344. The Morgan fingerprint density at radius 2 is 1.79 bits per heavy atom. The van der Waals surface area contributed by atoms with E-state index in [0.29, 0.717) is 23.6 Å². The van der Waals surface area contributed by atoms with Gasteiger partial charge in [0.2, 0.25) is 5.91 Å². The maximum Gasteiger partial charge on any atom is 0.265 e. The van der Waals surface area contributed by atoms with Crippen molar-refractivity contribution in [1.29, 1.82) is 0 Å². The molecule has 1 aliphatic rings. The van der Waals surface area contributed by atoms with Crippen LogP contribution < -0.4 is 16.6 Å². The summed E-state index contributed by atoms with van der Waals surface area (Å²) < 4.78 is 0. The molecule has 1 aliphatic carbocycles. The van der Waals surface area contributed by atoms with E-state index < -0.39 is 0 Å². The van der Waals surface area contributed by atoms with Crippen LogP contribution in [0.15, 0.2) is 24.3 Å². The van der Waals surface area contributed by atoms with E-state index in [0.717, 1.165) is 12.8 Å². The largest absolute Gasteiger partial charge is 0.326 e. The van der Waals surface area contributed by atoms with Crippen LogP contribution >= 0.6 is 0 Å². The van der Waals surface area contributed by atoms with Gasteiger partial charge < -0.3 is 5.32 Å². The standard InChI is InChI=1S/C14H19N3O2/c15-17-14(19)11-5-7-12(8-6-11)16-13(18)9-10-3-1-2-4-10/h5-8,10H,1-4,9,15H2,(H,16,18)(H,17,19). The molecule has 0 spiro atoms. The van der Waals surface area contributed by atoms with Crippen molar-refractivity contribution in [3.8, 4) is 0 Å². The third-order valence-corrected chi connectivity index (χ3v) is 3.51. The summed E-state index contributed by atoms with van der Waals surface area (Å²) in [6.07, 6.45) is 5.37. The number of nitrogens with two attached hydrogens (primary N) is 1. The fourth-order valence-corrected chi connectivity index (χ4v) is 2.48. The average Bonchev–Trinajstić information content (AvgIpc) is 2.91. The Balaban J connectivity index is 1.88. The van der Waals surface area contributed by atoms with Crippen molar-refractivity contribution in [3.05, 3.63) is 29.8 Å². The SMILES string of the molecule is NNC(=O)c1ccc(NC(=O)CC2CCCC2)cc1. The molecule has 1 saturated carbocycles. The number of amides is 2. The molecule has 0 radical (unpaired) electrons. The van der Waals surface area contributed by atoms with Crippen LogP contribution in [0, 0.1) is 5.92 Å². The lowest BCUT2D eigenvalue weighted by Gasteiger charge is -2.10. The molecule has 1 aromatic rings. The molecule has 0 aromatic heterocycles. The van der Waals surface area contributed by atoms with Gasteiger partial charge in [-0.1, -0.05) is 12.8 Å². The van der Waals surface area contributed by atoms with Crippen molar-refractivity contribution in [3.63, 3.8) is 0 Å². The Bertz CT molecular complexity index is 450. The van der Waals surface area contributed by atoms with Crippen LogP contribution in [0.25, 0.3) is 0 Å². The summed E-state index contributed by atoms with van der Waals surface area (Å²) in [7, 11) is 0. The van der Waals surface area contributed by atoms with E-state index in [-0.39, 0.29) is 11.8 Å². The van der Waals surface area contributed by atoms with Gasteiger partial charge in [-0.2, -0.15) is 0 Å². The first-order valence-corrected chi connectivity index (χ1v) is 6.60. The molecule has 0 atom stereocenters. The number of nitrogens with one attached hydrogen (secondary N) is 2. The van der Waals surface area contributed by atoms with Crippen LogP contribution in [0.4, 0.5) is 5.69 Å². The molecular weight excluding hydrogens is 242 g/mol. The minimum Gasteiger partial charge on any atom is -0.326 e. The van der Waals surface area contributed by atoms with Crippen LogP contribution in [0.1, 0.15) is 42.5 Å². The maximum atomic E-state index is 11.8. The molecule has 4 N–H and O–H groups in total. The van der Waals surface area contributed by atoms with E-state index >= 15 is 0 Å². The lowest BCUT2D eigenvalue weighted by atomic mass is 10.0. The number of hydrazine groups is 1. The van der Waals surface area contributed by atoms with Crippen molar-refractivity contribution in [1.82, 2.24) is 5.43 Å². The molecule has 102 valence electrons. The van der Waals surface area contributed by atoms with E-state index in [2.05, 4.69) is 10.7 Å². The second-order valence-electron chi connectivity index (χ2n) is 4.95. The zero-order valence-electron chi connectivity index (χ0n) is 10.8. The Kier molecular flexibility index (Phi) is 4.52. The van der Waals surface area contributed by atoms with Crippen LogP contribution in [0.2, 0.25) is 0 Å². The highest BCUT2D eigenvalue weighted by Crippen LogP contribution is 2.27. The highest BCUT2D eigenvalue weighted by molar-refractivity contribution is 5.95. The van der Waals surface area contributed by atoms with Gasteiger partial charge in [-0.3, -0.25) is 15.0 Å². The molecule has 5 heteroatoms. The normalized spacial score (nSPS) is 15.2. The average molecular weight is 261 g/mol. The van der Waals surface area contributed by atoms with Crippen LogP contribution in [-0.4, -0.2) is 11.8 Å². The fourth-order valence-electron chi connectivity index (χ4n) is 2.48. The molecule has 0 unspecified atom stereocenters. The molecular formula is C14H19N3O2. The lowest BCUT2D eigenvalue weighted by Crippen LogP contribution is -2.29. The van der Waals surface area contributed by atoms with Crippen LogP contribution in [0.5, 0.6) is 0 Å². The van der Waals surface area contributed by atoms with E-state index in [1.165, 1.54) is 12.8 Å². The van der Waals surface area contributed by atoms with E-state index in [1.54, 1.807) is 24.3 Å². The number of carbonyl (C=O) groups is 2. The van der Waals surface area contributed by atoms with Crippen molar-refractivity contribution in [2.24, 2.45) is 11.8 Å². The molecule has 2 amide bonds. The van der Waals surface area contributed by atoms with Gasteiger partial charge in [0.25, 0.3) is 5.91 Å². The molecule has 1 fully saturated rings. The second kappa shape index (κ2) is 6.33. The van der Waals surface area contributed by atoms with Crippen molar-refractivity contribution < 1.29 is 9.59 Å².